The van der Waals surface area contributed by atoms with Gasteiger partial charge >= 0.3 is 23.5 Å². The van der Waals surface area contributed by atoms with E-state index in [0.29, 0.717) is 0 Å². The molecule has 0 aliphatic heterocycles. The number of rotatable bonds is 17. The van der Waals surface area contributed by atoms with Crippen molar-refractivity contribution >= 4 is 52.0 Å². The lowest BCUT2D eigenvalue weighted by Crippen LogP contribution is -2.41. The molecule has 0 bridgehead atoms. The van der Waals surface area contributed by atoms with Crippen LogP contribution in [0, 0.1) is 5.92 Å². The number of benzene rings is 1. The largest absolute Gasteiger partial charge is 0.481 e. The zero-order chi connectivity index (χ0) is 34.5. The van der Waals surface area contributed by atoms with Gasteiger partial charge in [-0.1, -0.05) is 13.8 Å². The van der Waals surface area contributed by atoms with Crippen LogP contribution in [-0.4, -0.2) is 80.5 Å². The van der Waals surface area contributed by atoms with E-state index < -0.39 is 148 Å². The van der Waals surface area contributed by atoms with Crippen LogP contribution in [-0.2, 0) is 20.9 Å². The van der Waals surface area contributed by atoms with Crippen molar-refractivity contribution in [2.75, 3.05) is 0 Å². The molecular weight excluding hydrogens is 598 g/mol. The Balaban J connectivity index is 3.31. The normalized spacial score (nSPS) is 14.0. The highest BCUT2D eigenvalue weighted by molar-refractivity contribution is 6.27. The van der Waals surface area contributed by atoms with E-state index in [4.69, 9.17) is 38.2 Å². The van der Waals surface area contributed by atoms with Gasteiger partial charge in [0, 0.05) is 40.6 Å². The van der Waals surface area contributed by atoms with Gasteiger partial charge in [0.05, 0.1) is 42.6 Å². The molecule has 2 rings (SSSR count). The molecule has 0 saturated heterocycles. The number of fused-ring (bicyclic) bond motifs is 1. The molecule has 0 radical (unpaired) electrons. The van der Waals surface area contributed by atoms with Crippen molar-refractivity contribution in [3.05, 3.63) is 44.3 Å². The maximum absolute atomic E-state index is 14.1. The summed E-state index contributed by atoms with van der Waals surface area (Å²) in [6.07, 6.45) is -2.96. The summed E-state index contributed by atoms with van der Waals surface area (Å²) < 4.78 is 5.32. The van der Waals surface area contributed by atoms with Crippen LogP contribution < -0.4 is 34.3 Å². The fourth-order valence-corrected chi connectivity index (χ4v) is 4.57. The van der Waals surface area contributed by atoms with Crippen molar-refractivity contribution in [2.24, 2.45) is 34.6 Å². The van der Waals surface area contributed by atoms with Crippen LogP contribution in [0.4, 0.5) is 0 Å². The first kappa shape index (κ1) is 36.5. The topological polar surface area (TPSA) is 340 Å². The zero-order valence-electron chi connectivity index (χ0n) is 24.4. The molecule has 0 aliphatic carbocycles. The van der Waals surface area contributed by atoms with Gasteiger partial charge in [0.15, 0.2) is 23.1 Å². The van der Waals surface area contributed by atoms with Crippen LogP contribution in [0.5, 0.6) is 0 Å². The van der Waals surface area contributed by atoms with Crippen molar-refractivity contribution in [3.63, 3.8) is 0 Å². The second kappa shape index (κ2) is 14.9. The molecule has 1 heterocycles. The van der Waals surface area contributed by atoms with Crippen LogP contribution in [0.15, 0.2) is 15.3 Å². The molecule has 17 heteroatoms. The van der Waals surface area contributed by atoms with Gasteiger partial charge in [-0.25, -0.2) is 4.79 Å². The van der Waals surface area contributed by atoms with E-state index in [2.05, 4.69) is 0 Å². The van der Waals surface area contributed by atoms with Crippen molar-refractivity contribution in [2.45, 2.75) is 70.2 Å². The van der Waals surface area contributed by atoms with Crippen molar-refractivity contribution < 1.29 is 53.3 Å². The Bertz CT molecular complexity index is 1630. The number of aliphatic carboxylic acids is 3. The highest BCUT2D eigenvalue weighted by Gasteiger charge is 2.38. The molecule has 0 spiro atoms. The number of carboxylic acid groups (broad SMARTS) is 3. The third-order valence-electron chi connectivity index (χ3n) is 6.99. The molecule has 4 unspecified atom stereocenters. The Kier molecular flexibility index (Phi) is 12.1. The van der Waals surface area contributed by atoms with Crippen molar-refractivity contribution in [1.82, 2.24) is 0 Å². The van der Waals surface area contributed by atoms with Crippen LogP contribution >= 0.6 is 0 Å². The molecule has 17 nitrogen and oxygen atoms in total. The summed E-state index contributed by atoms with van der Waals surface area (Å²) in [5.41, 5.74) is 24.3. The summed E-state index contributed by atoms with van der Waals surface area (Å²) in [6, 6.07) is -5.90. The Morgan fingerprint density at radius 1 is 0.733 bits per heavy atom. The van der Waals surface area contributed by atoms with E-state index in [1.165, 1.54) is 13.8 Å². The monoisotopic (exact) mass is 633 g/mol. The molecule has 244 valence electrons. The first-order valence-corrected chi connectivity index (χ1v) is 13.6. The van der Waals surface area contributed by atoms with Crippen molar-refractivity contribution in [1.29, 1.82) is 0 Å². The fourth-order valence-electron chi connectivity index (χ4n) is 4.57. The predicted octanol–water partition coefficient (Wildman–Crippen LogP) is -1.24. The molecule has 0 fully saturated rings. The maximum Gasteiger partial charge on any atom is 0.341 e. The smallest absolute Gasteiger partial charge is 0.341 e. The first-order chi connectivity index (χ1) is 20.8. The molecule has 0 saturated carbocycles. The third-order valence-corrected chi connectivity index (χ3v) is 6.99. The molecule has 45 heavy (non-hydrogen) atoms. The fraction of sp³-hybridized carbons (Fsp3) is 0.429. The molecule has 2 aromatic rings. The number of Topliss-reactive ketones (excluding diaryl/α,β-unsaturated/α-hetero) is 4. The van der Waals surface area contributed by atoms with Crippen LogP contribution in [0.3, 0.4) is 0 Å². The Hall–Kier alpha value is -4.68. The number of ketones is 4. The molecule has 13 N–H and O–H groups in total. The zero-order valence-corrected chi connectivity index (χ0v) is 24.4. The number of nitrogens with two attached hydrogens (primary N) is 5. The van der Waals surface area contributed by atoms with E-state index in [1.54, 1.807) is 0 Å². The summed E-state index contributed by atoms with van der Waals surface area (Å²) in [5.74, 6) is -9.59. The van der Waals surface area contributed by atoms with Gasteiger partial charge in [-0.05, 0) is 18.4 Å². The number of carbonyl (C=O) groups is 7. The van der Waals surface area contributed by atoms with Crippen molar-refractivity contribution in [3.8, 4) is 0 Å². The summed E-state index contributed by atoms with van der Waals surface area (Å²) in [5, 5.41) is 27.0. The Labute approximate surface area is 254 Å². The van der Waals surface area contributed by atoms with E-state index >= 15 is 0 Å². The summed E-state index contributed by atoms with van der Waals surface area (Å²) in [6.45, 7) is 2.38. The summed E-state index contributed by atoms with van der Waals surface area (Å²) in [4.78, 5) is 102. The first-order valence-electron chi connectivity index (χ1n) is 13.6. The standard InChI is InChI=1S/C28H35N5O12/c1-9(2)23(33)27(43)22-19(25(41)12(30)3-4-16(34)35)10(24(40)13(31)6-17(36)37)5-15-21(22)20(11(8-29)28(44)45-15)26(42)14(32)7-18(38)39/h5,9,12-14,23H,3-4,6-8,29-33H2,1-2H3,(H,34,35)(H,36,37)(H,38,39). The van der Waals surface area contributed by atoms with E-state index in [9.17, 15) is 48.6 Å². The summed E-state index contributed by atoms with van der Waals surface area (Å²) in [7, 11) is 0. The highest BCUT2D eigenvalue weighted by Crippen LogP contribution is 2.34. The molecule has 0 amide bonds. The lowest BCUT2D eigenvalue weighted by molar-refractivity contribution is -0.138. The minimum Gasteiger partial charge on any atom is -0.481 e. The van der Waals surface area contributed by atoms with Crippen LogP contribution in [0.1, 0.15) is 86.5 Å². The highest BCUT2D eigenvalue weighted by atomic mass is 16.4. The van der Waals surface area contributed by atoms with E-state index in [1.807, 2.05) is 0 Å². The van der Waals surface area contributed by atoms with E-state index in [0.717, 1.165) is 6.07 Å². The third kappa shape index (κ3) is 8.08. The quantitative estimate of drug-likeness (QED) is 0.0745. The molecule has 4 atom stereocenters. The minimum absolute atomic E-state index is 0.488. The molecule has 1 aromatic heterocycles. The van der Waals surface area contributed by atoms with E-state index in [-0.39, 0.29) is 0 Å². The second-order valence-corrected chi connectivity index (χ2v) is 10.7. The lowest BCUT2D eigenvalue weighted by Gasteiger charge is -2.24. The average Bonchev–Trinajstić information content (AvgIpc) is 2.95. The minimum atomic E-state index is -1.80. The maximum atomic E-state index is 14.1. The summed E-state index contributed by atoms with van der Waals surface area (Å²) >= 11 is 0. The van der Waals surface area contributed by atoms with Gasteiger partial charge in [-0.3, -0.25) is 33.6 Å². The SMILES string of the molecule is CC(C)C(N)C(=O)c1c(C(=O)C(N)CCC(=O)O)c(C(=O)C(N)CC(=O)O)cc2oc(=O)c(CN)c(C(=O)C(N)CC(=O)O)c12. The number of hydrogen-bond donors (Lipinski definition) is 8. The van der Waals surface area contributed by atoms with Gasteiger partial charge in [0.2, 0.25) is 0 Å². The van der Waals surface area contributed by atoms with Gasteiger partial charge in [-0.15, -0.1) is 0 Å². The molecule has 0 aliphatic rings. The second-order valence-electron chi connectivity index (χ2n) is 10.7. The lowest BCUT2D eigenvalue weighted by atomic mass is 9.80. The number of carbonyl (C=O) groups excluding carboxylic acids is 4. The van der Waals surface area contributed by atoms with Gasteiger partial charge < -0.3 is 48.4 Å². The Morgan fingerprint density at radius 3 is 1.71 bits per heavy atom. The number of hydrogen-bond acceptors (Lipinski definition) is 14. The Morgan fingerprint density at radius 2 is 1.24 bits per heavy atom. The van der Waals surface area contributed by atoms with Gasteiger partial charge in [-0.2, -0.15) is 0 Å². The predicted molar refractivity (Wildman–Crippen MR) is 156 cm³/mol. The molecule has 1 aromatic carbocycles. The van der Waals surface area contributed by atoms with Crippen LogP contribution in [0.2, 0.25) is 0 Å². The number of carboxylic acids is 3. The molecular formula is C28H35N5O12. The average molecular weight is 634 g/mol. The van der Waals surface area contributed by atoms with Crippen LogP contribution in [0.25, 0.3) is 11.0 Å². The van der Waals surface area contributed by atoms with Gasteiger partial charge in [0.25, 0.3) is 0 Å². The van der Waals surface area contributed by atoms with Gasteiger partial charge in [0.1, 0.15) is 5.58 Å².